The van der Waals surface area contributed by atoms with E-state index in [2.05, 4.69) is 15.4 Å². The summed E-state index contributed by atoms with van der Waals surface area (Å²) in [6.45, 7) is 2.12. The summed E-state index contributed by atoms with van der Waals surface area (Å²) >= 11 is 1.15. The van der Waals surface area contributed by atoms with Crippen molar-refractivity contribution in [2.45, 2.75) is 26.2 Å². The molecule has 3 heterocycles. The molecule has 0 aliphatic heterocycles. The third-order valence-electron chi connectivity index (χ3n) is 4.87. The first-order valence-electron chi connectivity index (χ1n) is 9.81. The number of carbonyl (C=O) groups is 1. The summed E-state index contributed by atoms with van der Waals surface area (Å²) in [5, 5.41) is 7.41. The molecule has 0 aliphatic rings. The van der Waals surface area contributed by atoms with Gasteiger partial charge in [0.25, 0.3) is 5.91 Å². The highest BCUT2D eigenvalue weighted by Gasteiger charge is 2.30. The van der Waals surface area contributed by atoms with Gasteiger partial charge in [-0.15, -0.1) is 11.3 Å². The van der Waals surface area contributed by atoms with Crippen LogP contribution in [-0.4, -0.2) is 25.2 Å². The predicted molar refractivity (Wildman–Crippen MR) is 116 cm³/mol. The predicted octanol–water partition coefficient (Wildman–Crippen LogP) is 3.80. The van der Waals surface area contributed by atoms with Gasteiger partial charge in [0, 0.05) is 18.9 Å². The average Bonchev–Trinajstić information content (AvgIpc) is 3.35. The third-order valence-corrected chi connectivity index (χ3v) is 6.11. The lowest BCUT2D eigenvalue weighted by molar-refractivity contribution is -0.137. The lowest BCUT2D eigenvalue weighted by Gasteiger charge is -2.07. The zero-order chi connectivity index (χ0) is 23.6. The first-order valence-corrected chi connectivity index (χ1v) is 10.6. The van der Waals surface area contributed by atoms with E-state index in [0.717, 1.165) is 33.7 Å². The van der Waals surface area contributed by atoms with Crippen molar-refractivity contribution in [3.05, 3.63) is 98.8 Å². The number of benzene rings is 1. The molecule has 0 saturated heterocycles. The van der Waals surface area contributed by atoms with Crippen LogP contribution in [0.5, 0.6) is 0 Å². The number of nitrogens with one attached hydrogen (secondary N) is 1. The molecular weight excluding hydrogens is 455 g/mol. The number of thiophene rings is 1. The summed E-state index contributed by atoms with van der Waals surface area (Å²) in [6, 6.07) is 9.92. The number of nitrogens with zero attached hydrogens (tertiary/aromatic N) is 4. The van der Waals surface area contributed by atoms with Crippen LogP contribution in [0.1, 0.15) is 31.9 Å². The van der Waals surface area contributed by atoms with Crippen molar-refractivity contribution in [2.75, 3.05) is 0 Å². The van der Waals surface area contributed by atoms with Gasteiger partial charge in [0.1, 0.15) is 11.3 Å². The lowest BCUT2D eigenvalue weighted by Crippen LogP contribution is -2.24. The van der Waals surface area contributed by atoms with Gasteiger partial charge in [0.05, 0.1) is 17.0 Å². The fraction of sp³-hybridized carbons (Fsp3) is 0.182. The fourth-order valence-corrected chi connectivity index (χ4v) is 4.20. The van der Waals surface area contributed by atoms with Crippen molar-refractivity contribution >= 4 is 17.2 Å². The Morgan fingerprint density at radius 1 is 1.15 bits per heavy atom. The van der Waals surface area contributed by atoms with Crippen molar-refractivity contribution in [1.82, 2.24) is 24.6 Å². The first kappa shape index (κ1) is 22.5. The minimum atomic E-state index is -4.42. The number of hydrogen-bond acceptors (Lipinski definition) is 5. The van der Waals surface area contributed by atoms with Gasteiger partial charge in [-0.05, 0) is 47.9 Å². The quantitative estimate of drug-likeness (QED) is 0.462. The SMILES string of the molecule is Cc1cc(-n2cnn(Cc3ccc(C(F)(F)F)cc3)c2=O)sc1C(=O)NCc1cccnc1. The topological polar surface area (TPSA) is 81.8 Å². The van der Waals surface area contributed by atoms with E-state index in [1.807, 2.05) is 6.07 Å². The molecule has 0 unspecified atom stereocenters. The molecule has 1 amide bonds. The molecule has 0 bridgehead atoms. The van der Waals surface area contributed by atoms with Crippen LogP contribution in [0.4, 0.5) is 13.2 Å². The zero-order valence-electron chi connectivity index (χ0n) is 17.3. The van der Waals surface area contributed by atoms with E-state index < -0.39 is 17.4 Å². The molecule has 4 aromatic rings. The van der Waals surface area contributed by atoms with Crippen molar-refractivity contribution in [2.24, 2.45) is 0 Å². The molecule has 0 radical (unpaired) electrons. The second kappa shape index (κ2) is 9.02. The van der Waals surface area contributed by atoms with Crippen LogP contribution in [0.2, 0.25) is 0 Å². The monoisotopic (exact) mass is 473 g/mol. The Balaban J connectivity index is 1.49. The minimum absolute atomic E-state index is 0.0206. The number of carbonyl (C=O) groups excluding carboxylic acids is 1. The number of pyridine rings is 1. The van der Waals surface area contributed by atoms with E-state index in [9.17, 15) is 22.8 Å². The van der Waals surface area contributed by atoms with E-state index in [-0.39, 0.29) is 12.5 Å². The molecule has 0 spiro atoms. The second-order valence-corrected chi connectivity index (χ2v) is 8.31. The summed E-state index contributed by atoms with van der Waals surface area (Å²) in [7, 11) is 0. The highest BCUT2D eigenvalue weighted by atomic mass is 32.1. The summed E-state index contributed by atoms with van der Waals surface area (Å²) in [5.74, 6) is -0.266. The number of rotatable bonds is 6. The number of halogens is 3. The Kier molecular flexibility index (Phi) is 6.14. The minimum Gasteiger partial charge on any atom is -0.347 e. The molecule has 4 rings (SSSR count). The highest BCUT2D eigenvalue weighted by molar-refractivity contribution is 7.16. The van der Waals surface area contributed by atoms with E-state index in [0.29, 0.717) is 27.5 Å². The Hall–Kier alpha value is -3.73. The normalized spacial score (nSPS) is 11.5. The maximum absolute atomic E-state index is 12.8. The van der Waals surface area contributed by atoms with Crippen LogP contribution in [0.15, 0.2) is 66.0 Å². The summed E-state index contributed by atoms with van der Waals surface area (Å²) in [6.07, 6.45) is 0.221. The van der Waals surface area contributed by atoms with Crippen LogP contribution in [0.3, 0.4) is 0 Å². The Morgan fingerprint density at radius 2 is 1.91 bits per heavy atom. The molecule has 0 saturated carbocycles. The van der Waals surface area contributed by atoms with Gasteiger partial charge in [0.15, 0.2) is 0 Å². The lowest BCUT2D eigenvalue weighted by atomic mass is 10.1. The highest BCUT2D eigenvalue weighted by Crippen LogP contribution is 2.29. The number of aromatic nitrogens is 4. The molecule has 33 heavy (non-hydrogen) atoms. The van der Waals surface area contributed by atoms with E-state index in [1.54, 1.807) is 31.5 Å². The summed E-state index contributed by atoms with van der Waals surface area (Å²) in [5.41, 5.74) is 0.862. The summed E-state index contributed by atoms with van der Waals surface area (Å²) in [4.78, 5) is 29.9. The molecule has 1 aromatic carbocycles. The first-order chi connectivity index (χ1) is 15.7. The van der Waals surface area contributed by atoms with Gasteiger partial charge in [-0.2, -0.15) is 18.3 Å². The van der Waals surface area contributed by atoms with Gasteiger partial charge >= 0.3 is 11.9 Å². The van der Waals surface area contributed by atoms with Crippen LogP contribution >= 0.6 is 11.3 Å². The van der Waals surface area contributed by atoms with Crippen molar-refractivity contribution in [1.29, 1.82) is 0 Å². The maximum Gasteiger partial charge on any atom is 0.416 e. The van der Waals surface area contributed by atoms with Gasteiger partial charge < -0.3 is 5.32 Å². The van der Waals surface area contributed by atoms with Crippen LogP contribution in [-0.2, 0) is 19.3 Å². The molecule has 0 fully saturated rings. The number of alkyl halides is 3. The Morgan fingerprint density at radius 3 is 2.58 bits per heavy atom. The second-order valence-electron chi connectivity index (χ2n) is 7.28. The van der Waals surface area contributed by atoms with Crippen molar-refractivity contribution in [3.63, 3.8) is 0 Å². The molecule has 7 nitrogen and oxygen atoms in total. The standard InChI is InChI=1S/C22H18F3N5O2S/c1-14-9-18(33-19(14)20(31)27-11-16-3-2-8-26-10-16)29-13-28-30(21(29)32)12-15-4-6-17(7-5-15)22(23,24)25/h2-10,13H,11-12H2,1H3,(H,27,31). The van der Waals surface area contributed by atoms with Gasteiger partial charge in [-0.3, -0.25) is 9.78 Å². The Labute approximate surface area is 190 Å². The third kappa shape index (κ3) is 5.03. The average molecular weight is 473 g/mol. The summed E-state index contributed by atoms with van der Waals surface area (Å²) < 4.78 is 40.6. The maximum atomic E-state index is 12.8. The molecule has 170 valence electrons. The smallest absolute Gasteiger partial charge is 0.347 e. The van der Waals surface area contributed by atoms with Crippen molar-refractivity contribution < 1.29 is 18.0 Å². The molecule has 0 aliphatic carbocycles. The Bertz CT molecular complexity index is 1320. The van der Waals surface area contributed by atoms with Gasteiger partial charge in [-0.25, -0.2) is 14.0 Å². The number of hydrogen-bond donors (Lipinski definition) is 1. The molecular formula is C22H18F3N5O2S. The van der Waals surface area contributed by atoms with E-state index in [4.69, 9.17) is 0 Å². The van der Waals surface area contributed by atoms with Crippen molar-refractivity contribution in [3.8, 4) is 5.00 Å². The zero-order valence-corrected chi connectivity index (χ0v) is 18.2. The molecule has 11 heteroatoms. The molecule has 1 N–H and O–H groups in total. The number of amides is 1. The molecule has 0 atom stereocenters. The van der Waals surface area contributed by atoms with Crippen LogP contribution < -0.4 is 11.0 Å². The fourth-order valence-electron chi connectivity index (χ4n) is 3.14. The van der Waals surface area contributed by atoms with Gasteiger partial charge in [-0.1, -0.05) is 18.2 Å². The van der Waals surface area contributed by atoms with Crippen LogP contribution in [0.25, 0.3) is 5.00 Å². The van der Waals surface area contributed by atoms with Gasteiger partial charge in [0.2, 0.25) is 0 Å². The van der Waals surface area contributed by atoms with E-state index >= 15 is 0 Å². The largest absolute Gasteiger partial charge is 0.416 e. The van der Waals surface area contributed by atoms with Crippen LogP contribution in [0, 0.1) is 6.92 Å². The number of aryl methyl sites for hydroxylation is 1. The van der Waals surface area contributed by atoms with E-state index in [1.165, 1.54) is 23.0 Å². The molecule has 3 aromatic heterocycles.